The lowest BCUT2D eigenvalue weighted by Crippen LogP contribution is -2.66. The van der Waals surface area contributed by atoms with Crippen LogP contribution in [0.15, 0.2) is 42.5 Å². The van der Waals surface area contributed by atoms with Crippen LogP contribution in [0.25, 0.3) is 0 Å². The normalized spacial score (nSPS) is 27.8. The molecule has 2 heterocycles. The molecule has 6 rings (SSSR count). The first-order valence-corrected chi connectivity index (χ1v) is 14.1. The Kier molecular flexibility index (Phi) is 5.73. The van der Waals surface area contributed by atoms with E-state index in [2.05, 4.69) is 18.3 Å². The van der Waals surface area contributed by atoms with E-state index in [1.54, 1.807) is 26.8 Å². The minimum Gasteiger partial charge on any atom is -0.443 e. The average molecular weight is 535 g/mol. The van der Waals surface area contributed by atoms with Crippen molar-refractivity contribution in [3.63, 3.8) is 0 Å². The summed E-state index contributed by atoms with van der Waals surface area (Å²) in [6, 6.07) is 13.2. The summed E-state index contributed by atoms with van der Waals surface area (Å²) in [4.78, 5) is 43.3. The standard InChI is InChI=1S/C31H35ClN2O4/c1-5-30(13-14-30)26-31(23(17-25(35)33-26)20-7-6-8-21(32)15-20)22-12-11-19(18-9-10-18)16-24(22)34(27(31)36)28(37)38-29(2,3)4/h6-8,11-12,15-16,18,23,26H,5,9-10,13-14,17H2,1-4H3,(H,33,35)/t23-,26+,31-/m0/s1. The van der Waals surface area contributed by atoms with Gasteiger partial charge < -0.3 is 10.1 Å². The van der Waals surface area contributed by atoms with Crippen molar-refractivity contribution in [3.8, 4) is 0 Å². The minimum atomic E-state index is -1.15. The maximum atomic E-state index is 15.0. The Morgan fingerprint density at radius 1 is 1.11 bits per heavy atom. The molecule has 2 aliphatic carbocycles. The van der Waals surface area contributed by atoms with Crippen molar-refractivity contribution < 1.29 is 19.1 Å². The van der Waals surface area contributed by atoms with Crippen LogP contribution in [-0.4, -0.2) is 29.6 Å². The van der Waals surface area contributed by atoms with Crippen LogP contribution in [0.2, 0.25) is 5.02 Å². The van der Waals surface area contributed by atoms with Crippen LogP contribution in [0.5, 0.6) is 0 Å². The number of hydrogen-bond donors (Lipinski definition) is 1. The Hall–Kier alpha value is -2.86. The second-order valence-electron chi connectivity index (χ2n) is 12.6. The molecule has 38 heavy (non-hydrogen) atoms. The molecule has 1 N–H and O–H groups in total. The van der Waals surface area contributed by atoms with Gasteiger partial charge in [-0.05, 0) is 99.1 Å². The Morgan fingerprint density at radius 2 is 1.84 bits per heavy atom. The fraction of sp³-hybridized carbons (Fsp3) is 0.516. The summed E-state index contributed by atoms with van der Waals surface area (Å²) < 4.78 is 5.80. The van der Waals surface area contributed by atoms with Gasteiger partial charge in [-0.15, -0.1) is 0 Å². The highest BCUT2D eigenvalue weighted by atomic mass is 35.5. The van der Waals surface area contributed by atoms with Gasteiger partial charge in [0, 0.05) is 17.4 Å². The average Bonchev–Trinajstić information content (AvgIpc) is 3.77. The van der Waals surface area contributed by atoms with Crippen molar-refractivity contribution in [2.45, 2.75) is 95.1 Å². The first-order valence-electron chi connectivity index (χ1n) is 13.8. The smallest absolute Gasteiger partial charge is 0.421 e. The quantitative estimate of drug-likeness (QED) is 0.479. The topological polar surface area (TPSA) is 75.7 Å². The molecule has 2 aliphatic heterocycles. The number of halogens is 1. The number of fused-ring (bicyclic) bond motifs is 2. The maximum Gasteiger partial charge on any atom is 0.421 e. The predicted octanol–water partition coefficient (Wildman–Crippen LogP) is 6.60. The third kappa shape index (κ3) is 3.86. The number of benzene rings is 2. The number of nitrogens with one attached hydrogen (secondary N) is 1. The molecule has 0 aromatic heterocycles. The molecule has 2 saturated carbocycles. The molecule has 1 saturated heterocycles. The number of piperidine rings is 1. The Bertz CT molecular complexity index is 1340. The Labute approximate surface area is 229 Å². The number of anilines is 1. The van der Waals surface area contributed by atoms with Gasteiger partial charge in [0.2, 0.25) is 11.8 Å². The van der Waals surface area contributed by atoms with Gasteiger partial charge in [0.05, 0.1) is 11.7 Å². The molecule has 2 aromatic rings. The van der Waals surface area contributed by atoms with Crippen molar-refractivity contribution in [3.05, 3.63) is 64.2 Å². The summed E-state index contributed by atoms with van der Waals surface area (Å²) in [6.07, 6.45) is 4.35. The lowest BCUT2D eigenvalue weighted by Gasteiger charge is -2.49. The van der Waals surface area contributed by atoms with Gasteiger partial charge in [-0.3, -0.25) is 9.59 Å². The molecule has 0 unspecified atom stereocenters. The lowest BCUT2D eigenvalue weighted by molar-refractivity contribution is -0.134. The van der Waals surface area contributed by atoms with Crippen molar-refractivity contribution in [1.29, 1.82) is 0 Å². The van der Waals surface area contributed by atoms with E-state index in [0.29, 0.717) is 16.6 Å². The first-order chi connectivity index (χ1) is 18.0. The second-order valence-corrected chi connectivity index (χ2v) is 13.0. The third-order valence-corrected chi connectivity index (χ3v) is 9.28. The Morgan fingerprint density at radius 3 is 2.45 bits per heavy atom. The summed E-state index contributed by atoms with van der Waals surface area (Å²) in [6.45, 7) is 7.53. The number of rotatable bonds is 4. The van der Waals surface area contributed by atoms with Crippen LogP contribution in [0.3, 0.4) is 0 Å². The number of carbonyl (C=O) groups excluding carboxylic acids is 3. The van der Waals surface area contributed by atoms with Gasteiger partial charge in [0.15, 0.2) is 0 Å². The van der Waals surface area contributed by atoms with Gasteiger partial charge in [-0.1, -0.05) is 42.8 Å². The molecule has 3 amide bonds. The SMILES string of the molecule is CCC1([C@H]2NC(=O)C[C@@H](c3cccc(Cl)c3)[C@]23C(=O)N(C(=O)OC(C)(C)C)c2cc(C4CC4)ccc23)CC1. The van der Waals surface area contributed by atoms with Crippen molar-refractivity contribution in [2.24, 2.45) is 5.41 Å². The molecule has 2 aromatic carbocycles. The summed E-state index contributed by atoms with van der Waals surface area (Å²) >= 11 is 6.44. The number of carbonyl (C=O) groups is 3. The molecule has 7 heteroatoms. The van der Waals surface area contributed by atoms with Crippen molar-refractivity contribution in [2.75, 3.05) is 4.90 Å². The molecule has 4 aliphatic rings. The van der Waals surface area contributed by atoms with Crippen LogP contribution in [-0.2, 0) is 19.7 Å². The highest BCUT2D eigenvalue weighted by molar-refractivity contribution is 6.30. The highest BCUT2D eigenvalue weighted by Gasteiger charge is 2.70. The van der Waals surface area contributed by atoms with E-state index >= 15 is 0 Å². The summed E-state index contributed by atoms with van der Waals surface area (Å²) in [5, 5.41) is 3.83. The van der Waals surface area contributed by atoms with Crippen LogP contribution >= 0.6 is 11.6 Å². The third-order valence-electron chi connectivity index (χ3n) is 9.05. The number of amides is 3. The van der Waals surface area contributed by atoms with Gasteiger partial charge in [-0.25, -0.2) is 9.69 Å². The van der Waals surface area contributed by atoms with E-state index in [9.17, 15) is 14.4 Å². The minimum absolute atomic E-state index is 0.0787. The Balaban J connectivity index is 1.61. The molecule has 3 atom stereocenters. The zero-order valence-corrected chi connectivity index (χ0v) is 23.2. The molecular weight excluding hydrogens is 500 g/mol. The molecule has 0 radical (unpaired) electrons. The lowest BCUT2D eigenvalue weighted by atomic mass is 9.57. The number of ether oxygens (including phenoxy) is 1. The summed E-state index contributed by atoms with van der Waals surface area (Å²) in [5.41, 5.74) is 1.23. The van der Waals surface area contributed by atoms with Crippen LogP contribution < -0.4 is 10.2 Å². The molecule has 200 valence electrons. The van der Waals surface area contributed by atoms with E-state index in [1.165, 1.54) is 4.90 Å². The fourth-order valence-corrected chi connectivity index (χ4v) is 7.10. The van der Waals surface area contributed by atoms with Crippen molar-refractivity contribution in [1.82, 2.24) is 5.32 Å². The number of hydrogen-bond acceptors (Lipinski definition) is 4. The zero-order valence-electron chi connectivity index (χ0n) is 22.5. The zero-order chi connectivity index (χ0) is 27.0. The van der Waals surface area contributed by atoms with E-state index < -0.39 is 29.1 Å². The first kappa shape index (κ1) is 25.4. The van der Waals surface area contributed by atoms with Gasteiger partial charge in [0.25, 0.3) is 0 Å². The second kappa shape index (κ2) is 8.57. The van der Waals surface area contributed by atoms with E-state index in [0.717, 1.165) is 48.8 Å². The van der Waals surface area contributed by atoms with Crippen LogP contribution in [0.1, 0.15) is 94.7 Å². The highest BCUT2D eigenvalue weighted by Crippen LogP contribution is 2.64. The van der Waals surface area contributed by atoms with E-state index in [1.807, 2.05) is 30.3 Å². The van der Waals surface area contributed by atoms with Gasteiger partial charge in [0.1, 0.15) is 11.0 Å². The molecule has 3 fully saturated rings. The monoisotopic (exact) mass is 534 g/mol. The summed E-state index contributed by atoms with van der Waals surface area (Å²) in [7, 11) is 0. The predicted molar refractivity (Wildman–Crippen MR) is 147 cm³/mol. The largest absolute Gasteiger partial charge is 0.443 e. The molecule has 6 nitrogen and oxygen atoms in total. The van der Waals surface area contributed by atoms with Crippen molar-refractivity contribution >= 4 is 35.2 Å². The summed E-state index contributed by atoms with van der Waals surface area (Å²) in [5.74, 6) is -0.424. The fourth-order valence-electron chi connectivity index (χ4n) is 6.90. The molecule has 1 spiro atoms. The number of nitrogens with zero attached hydrogens (tertiary/aromatic N) is 1. The molecular formula is C31H35ClN2O4. The van der Waals surface area contributed by atoms with E-state index in [-0.39, 0.29) is 23.7 Å². The van der Waals surface area contributed by atoms with Crippen LogP contribution in [0.4, 0.5) is 10.5 Å². The maximum absolute atomic E-state index is 15.0. The van der Waals surface area contributed by atoms with Gasteiger partial charge >= 0.3 is 6.09 Å². The van der Waals surface area contributed by atoms with Gasteiger partial charge in [-0.2, -0.15) is 0 Å². The van der Waals surface area contributed by atoms with E-state index in [4.69, 9.17) is 16.3 Å². The molecule has 0 bridgehead atoms. The number of imide groups is 1. The van der Waals surface area contributed by atoms with Crippen LogP contribution in [0, 0.1) is 5.41 Å².